The number of hydrogen-bond acceptors (Lipinski definition) is 3. The third-order valence-electron chi connectivity index (χ3n) is 2.94. The molecule has 82 valence electrons. The number of methoxy groups -OCH3 is 1. The first-order chi connectivity index (χ1) is 6.63. The van der Waals surface area contributed by atoms with Gasteiger partial charge in [0.25, 0.3) is 0 Å². The minimum Gasteiger partial charge on any atom is -0.480 e. The lowest BCUT2D eigenvalue weighted by Gasteiger charge is -2.33. The highest BCUT2D eigenvalue weighted by molar-refractivity contribution is 5.69. The van der Waals surface area contributed by atoms with Gasteiger partial charge in [-0.1, -0.05) is 0 Å². The van der Waals surface area contributed by atoms with E-state index < -0.39 is 5.97 Å². The quantitative estimate of drug-likeness (QED) is 0.736. The Balaban J connectivity index is 2.38. The van der Waals surface area contributed by atoms with Crippen LogP contribution < -0.4 is 0 Å². The summed E-state index contributed by atoms with van der Waals surface area (Å²) in [5.41, 5.74) is 0. The van der Waals surface area contributed by atoms with Crippen LogP contribution >= 0.6 is 0 Å². The molecule has 0 radical (unpaired) electrons. The van der Waals surface area contributed by atoms with Crippen LogP contribution in [0.2, 0.25) is 0 Å². The van der Waals surface area contributed by atoms with Crippen LogP contribution in [0.25, 0.3) is 0 Å². The van der Waals surface area contributed by atoms with Gasteiger partial charge in [-0.25, -0.2) is 0 Å². The Hall–Kier alpha value is -0.610. The fraction of sp³-hybridized carbons (Fsp3) is 0.900. The molecule has 0 spiro atoms. The Morgan fingerprint density at radius 3 is 2.86 bits per heavy atom. The summed E-state index contributed by atoms with van der Waals surface area (Å²) in [5, 5.41) is 8.66. The first kappa shape index (κ1) is 11.5. The van der Waals surface area contributed by atoms with Gasteiger partial charge in [0.15, 0.2) is 0 Å². The maximum atomic E-state index is 10.5. The molecule has 0 aromatic carbocycles. The zero-order chi connectivity index (χ0) is 10.6. The van der Waals surface area contributed by atoms with E-state index in [2.05, 4.69) is 0 Å². The summed E-state index contributed by atoms with van der Waals surface area (Å²) in [5.74, 6) is -0.757. The van der Waals surface area contributed by atoms with Crippen molar-refractivity contribution in [3.8, 4) is 0 Å². The molecule has 0 aromatic heterocycles. The van der Waals surface area contributed by atoms with Crippen molar-refractivity contribution < 1.29 is 14.6 Å². The zero-order valence-electron chi connectivity index (χ0n) is 8.90. The third kappa shape index (κ3) is 3.27. The molecule has 1 rings (SSSR count). The van der Waals surface area contributed by atoms with E-state index in [1.54, 1.807) is 7.11 Å². The minimum absolute atomic E-state index is 0.126. The monoisotopic (exact) mass is 201 g/mol. The number of carboxylic acids is 1. The predicted octanol–water partition coefficient (Wildman–Crippen LogP) is 0.960. The molecule has 1 aliphatic carbocycles. The standard InChI is InChI=1S/C10H19NO3/c1-11(7-10(12)13)8-4-3-5-9(6-8)14-2/h8-9H,3-7H2,1-2H3,(H,12,13). The average molecular weight is 201 g/mol. The fourth-order valence-electron chi connectivity index (χ4n) is 2.08. The van der Waals surface area contributed by atoms with Crippen molar-refractivity contribution in [2.45, 2.75) is 37.8 Å². The molecule has 1 aliphatic rings. The number of likely N-dealkylation sites (N-methyl/N-ethyl adjacent to an activating group) is 1. The van der Waals surface area contributed by atoms with E-state index in [-0.39, 0.29) is 6.54 Å². The fourth-order valence-corrected chi connectivity index (χ4v) is 2.08. The van der Waals surface area contributed by atoms with Crippen molar-refractivity contribution >= 4 is 5.97 Å². The molecule has 1 fully saturated rings. The molecule has 0 aliphatic heterocycles. The molecule has 14 heavy (non-hydrogen) atoms. The first-order valence-electron chi connectivity index (χ1n) is 5.08. The second kappa shape index (κ2) is 5.32. The number of nitrogens with zero attached hydrogens (tertiary/aromatic N) is 1. The summed E-state index contributed by atoms with van der Waals surface area (Å²) in [6.07, 6.45) is 4.59. The number of hydrogen-bond donors (Lipinski definition) is 1. The summed E-state index contributed by atoms with van der Waals surface area (Å²) in [7, 11) is 3.60. The number of aliphatic carboxylic acids is 1. The molecule has 2 atom stereocenters. The van der Waals surface area contributed by atoms with Gasteiger partial charge in [-0.3, -0.25) is 9.69 Å². The van der Waals surface area contributed by atoms with E-state index >= 15 is 0 Å². The topological polar surface area (TPSA) is 49.8 Å². The van der Waals surface area contributed by atoms with Crippen molar-refractivity contribution in [3.05, 3.63) is 0 Å². The van der Waals surface area contributed by atoms with E-state index in [0.29, 0.717) is 12.1 Å². The molecule has 1 saturated carbocycles. The van der Waals surface area contributed by atoms with Gasteiger partial charge >= 0.3 is 5.97 Å². The van der Waals surface area contributed by atoms with Crippen LogP contribution in [0.5, 0.6) is 0 Å². The number of rotatable bonds is 4. The lowest BCUT2D eigenvalue weighted by Crippen LogP contribution is -2.40. The van der Waals surface area contributed by atoms with Gasteiger partial charge in [0.05, 0.1) is 12.6 Å². The van der Waals surface area contributed by atoms with Crippen LogP contribution in [-0.2, 0) is 9.53 Å². The molecule has 0 amide bonds. The molecular formula is C10H19NO3. The predicted molar refractivity (Wildman–Crippen MR) is 53.3 cm³/mol. The van der Waals surface area contributed by atoms with E-state index in [4.69, 9.17) is 9.84 Å². The van der Waals surface area contributed by atoms with E-state index in [9.17, 15) is 4.79 Å². The molecular weight excluding hydrogens is 182 g/mol. The maximum Gasteiger partial charge on any atom is 0.317 e. The van der Waals surface area contributed by atoms with Gasteiger partial charge in [0.1, 0.15) is 0 Å². The second-order valence-electron chi connectivity index (χ2n) is 3.99. The summed E-state index contributed by atoms with van der Waals surface area (Å²) >= 11 is 0. The van der Waals surface area contributed by atoms with E-state index in [1.807, 2.05) is 11.9 Å². The van der Waals surface area contributed by atoms with E-state index in [1.165, 1.54) is 0 Å². The SMILES string of the molecule is COC1CCCC(N(C)CC(=O)O)C1. The van der Waals surface area contributed by atoms with Gasteiger partial charge in [-0.15, -0.1) is 0 Å². The van der Waals surface area contributed by atoms with Crippen LogP contribution in [0, 0.1) is 0 Å². The molecule has 4 heteroatoms. The lowest BCUT2D eigenvalue weighted by molar-refractivity contribution is -0.138. The van der Waals surface area contributed by atoms with E-state index in [0.717, 1.165) is 25.7 Å². The van der Waals surface area contributed by atoms with Crippen molar-refractivity contribution in [2.75, 3.05) is 20.7 Å². The molecule has 0 saturated heterocycles. The van der Waals surface area contributed by atoms with Gasteiger partial charge in [0.2, 0.25) is 0 Å². The minimum atomic E-state index is -0.757. The Morgan fingerprint density at radius 2 is 2.29 bits per heavy atom. The van der Waals surface area contributed by atoms with Gasteiger partial charge in [-0.05, 0) is 32.7 Å². The van der Waals surface area contributed by atoms with Crippen LogP contribution in [-0.4, -0.2) is 48.8 Å². The lowest BCUT2D eigenvalue weighted by atomic mass is 9.92. The van der Waals surface area contributed by atoms with Gasteiger partial charge < -0.3 is 9.84 Å². The smallest absolute Gasteiger partial charge is 0.317 e. The molecule has 0 bridgehead atoms. The number of carboxylic acid groups (broad SMARTS) is 1. The number of carbonyl (C=O) groups is 1. The Bertz CT molecular complexity index is 196. The summed E-state index contributed by atoms with van der Waals surface area (Å²) in [6, 6.07) is 0.366. The normalized spacial score (nSPS) is 27.9. The first-order valence-corrected chi connectivity index (χ1v) is 5.08. The summed E-state index contributed by atoms with van der Waals surface area (Å²) in [6.45, 7) is 0.126. The zero-order valence-corrected chi connectivity index (χ0v) is 8.90. The third-order valence-corrected chi connectivity index (χ3v) is 2.94. The number of ether oxygens (including phenoxy) is 1. The Kier molecular flexibility index (Phi) is 4.35. The Labute approximate surface area is 84.8 Å². The van der Waals surface area contributed by atoms with Gasteiger partial charge in [-0.2, -0.15) is 0 Å². The molecule has 2 unspecified atom stereocenters. The highest BCUT2D eigenvalue weighted by atomic mass is 16.5. The van der Waals surface area contributed by atoms with Crippen LogP contribution in [0.4, 0.5) is 0 Å². The molecule has 4 nitrogen and oxygen atoms in total. The highest BCUT2D eigenvalue weighted by Gasteiger charge is 2.25. The average Bonchev–Trinajstić information content (AvgIpc) is 2.17. The summed E-state index contributed by atoms with van der Waals surface area (Å²) in [4.78, 5) is 12.4. The Morgan fingerprint density at radius 1 is 1.57 bits per heavy atom. The molecule has 1 N–H and O–H groups in total. The highest BCUT2D eigenvalue weighted by Crippen LogP contribution is 2.23. The van der Waals surface area contributed by atoms with Crippen molar-refractivity contribution in [2.24, 2.45) is 0 Å². The van der Waals surface area contributed by atoms with Crippen molar-refractivity contribution in [1.82, 2.24) is 4.90 Å². The van der Waals surface area contributed by atoms with Crippen LogP contribution in [0.1, 0.15) is 25.7 Å². The van der Waals surface area contributed by atoms with Crippen LogP contribution in [0.3, 0.4) is 0 Å². The largest absolute Gasteiger partial charge is 0.480 e. The van der Waals surface area contributed by atoms with Gasteiger partial charge in [0, 0.05) is 13.2 Å². The maximum absolute atomic E-state index is 10.5. The van der Waals surface area contributed by atoms with Crippen LogP contribution in [0.15, 0.2) is 0 Å². The summed E-state index contributed by atoms with van der Waals surface area (Å²) < 4.78 is 5.30. The van der Waals surface area contributed by atoms with Crippen molar-refractivity contribution in [1.29, 1.82) is 0 Å². The second-order valence-corrected chi connectivity index (χ2v) is 3.99. The molecule has 0 aromatic rings. The van der Waals surface area contributed by atoms with Crippen molar-refractivity contribution in [3.63, 3.8) is 0 Å². The molecule has 0 heterocycles.